The van der Waals surface area contributed by atoms with Crippen LogP contribution >= 0.6 is 0 Å². The number of hydrogen-bond acceptors (Lipinski definition) is 5. The van der Waals surface area contributed by atoms with Crippen molar-refractivity contribution in [1.29, 1.82) is 0 Å². The van der Waals surface area contributed by atoms with Gasteiger partial charge in [-0.05, 0) is 30.7 Å². The summed E-state index contributed by atoms with van der Waals surface area (Å²) in [5.41, 5.74) is 2.33. The van der Waals surface area contributed by atoms with Gasteiger partial charge in [-0.3, -0.25) is 4.79 Å². The van der Waals surface area contributed by atoms with Crippen LogP contribution in [-0.4, -0.2) is 36.0 Å². The van der Waals surface area contributed by atoms with E-state index in [4.69, 9.17) is 9.47 Å². The predicted molar refractivity (Wildman–Crippen MR) is 103 cm³/mol. The quantitative estimate of drug-likeness (QED) is 0.840. The number of amides is 1. The van der Waals surface area contributed by atoms with E-state index in [1.165, 1.54) is 5.01 Å². The normalized spacial score (nSPS) is 16.2. The van der Waals surface area contributed by atoms with Crippen LogP contribution in [0.1, 0.15) is 43.4 Å². The highest BCUT2D eigenvalue weighted by atomic mass is 16.5. The number of carbonyl (C=O) groups excluding carboxylic acids is 1. The van der Waals surface area contributed by atoms with Gasteiger partial charge in [0.15, 0.2) is 11.5 Å². The Bertz CT molecular complexity index is 863. The van der Waals surface area contributed by atoms with Crippen molar-refractivity contribution in [3.63, 3.8) is 0 Å². The first kappa shape index (κ1) is 18.8. The molecular formula is C21H24N2O4. The number of hydrogen-bond donors (Lipinski definition) is 1. The fourth-order valence-electron chi connectivity index (χ4n) is 3.27. The first-order chi connectivity index (χ1) is 13.1. The third-order valence-corrected chi connectivity index (χ3v) is 4.64. The van der Waals surface area contributed by atoms with E-state index < -0.39 is 0 Å². The lowest BCUT2D eigenvalue weighted by Gasteiger charge is -2.22. The van der Waals surface area contributed by atoms with Crippen LogP contribution in [-0.2, 0) is 4.79 Å². The van der Waals surface area contributed by atoms with E-state index in [0.717, 1.165) is 17.7 Å². The molecule has 3 rings (SSSR count). The highest BCUT2D eigenvalue weighted by molar-refractivity contribution is 6.03. The Morgan fingerprint density at radius 1 is 1.19 bits per heavy atom. The third kappa shape index (κ3) is 3.74. The molecule has 1 N–H and O–H groups in total. The number of carbonyl (C=O) groups is 1. The first-order valence-corrected chi connectivity index (χ1v) is 8.98. The number of ether oxygens (including phenoxy) is 2. The molecule has 0 spiro atoms. The standard InChI is InChI=1S/C21H24N2O4/c1-4-7-21(25)23-17(15-8-5-6-9-18(15)24)13-16(22-23)14-10-11-19(26-2)20(12-14)27-3/h5-6,8-12,17,24H,4,7,13H2,1-3H3. The Kier molecular flexibility index (Phi) is 5.64. The number of benzene rings is 2. The van der Waals surface area contributed by atoms with Crippen molar-refractivity contribution >= 4 is 11.6 Å². The second kappa shape index (κ2) is 8.12. The van der Waals surface area contributed by atoms with Crippen LogP contribution in [0.4, 0.5) is 0 Å². The van der Waals surface area contributed by atoms with Gasteiger partial charge in [-0.15, -0.1) is 0 Å². The molecule has 27 heavy (non-hydrogen) atoms. The number of para-hydroxylation sites is 1. The molecule has 6 nitrogen and oxygen atoms in total. The summed E-state index contributed by atoms with van der Waals surface area (Å²) in [5, 5.41) is 16.4. The van der Waals surface area contributed by atoms with Crippen molar-refractivity contribution in [2.75, 3.05) is 14.2 Å². The Labute approximate surface area is 159 Å². The van der Waals surface area contributed by atoms with Gasteiger partial charge in [-0.1, -0.05) is 25.1 Å². The lowest BCUT2D eigenvalue weighted by atomic mass is 9.97. The molecule has 1 unspecified atom stereocenters. The largest absolute Gasteiger partial charge is 0.508 e. The zero-order valence-corrected chi connectivity index (χ0v) is 15.8. The average molecular weight is 368 g/mol. The molecule has 0 fully saturated rings. The van der Waals surface area contributed by atoms with E-state index >= 15 is 0 Å². The average Bonchev–Trinajstić information content (AvgIpc) is 3.13. The summed E-state index contributed by atoms with van der Waals surface area (Å²) in [4.78, 5) is 12.6. The minimum absolute atomic E-state index is 0.0544. The van der Waals surface area contributed by atoms with Gasteiger partial charge in [0.05, 0.1) is 26.0 Å². The van der Waals surface area contributed by atoms with Gasteiger partial charge >= 0.3 is 0 Å². The summed E-state index contributed by atoms with van der Waals surface area (Å²) < 4.78 is 10.7. The maximum Gasteiger partial charge on any atom is 0.243 e. The van der Waals surface area contributed by atoms with Crippen LogP contribution < -0.4 is 9.47 Å². The summed E-state index contributed by atoms with van der Waals surface area (Å²) in [6.07, 6.45) is 1.67. The van der Waals surface area contributed by atoms with Crippen molar-refractivity contribution in [2.45, 2.75) is 32.2 Å². The maximum atomic E-state index is 12.6. The molecule has 1 amide bonds. The molecule has 0 saturated heterocycles. The number of methoxy groups -OCH3 is 2. The van der Waals surface area contributed by atoms with Crippen LogP contribution in [0.2, 0.25) is 0 Å². The van der Waals surface area contributed by atoms with Gasteiger partial charge in [-0.25, -0.2) is 5.01 Å². The number of rotatable bonds is 6. The molecule has 2 aromatic carbocycles. The molecular weight excluding hydrogens is 344 g/mol. The zero-order valence-electron chi connectivity index (χ0n) is 15.8. The molecule has 0 bridgehead atoms. The number of aromatic hydroxyl groups is 1. The van der Waals surface area contributed by atoms with Gasteiger partial charge in [0.2, 0.25) is 5.91 Å². The Morgan fingerprint density at radius 3 is 2.59 bits per heavy atom. The first-order valence-electron chi connectivity index (χ1n) is 8.98. The highest BCUT2D eigenvalue weighted by Gasteiger charge is 2.34. The van der Waals surface area contributed by atoms with Crippen LogP contribution in [0, 0.1) is 0 Å². The summed E-state index contributed by atoms with van der Waals surface area (Å²) in [7, 11) is 3.17. The molecule has 142 valence electrons. The summed E-state index contributed by atoms with van der Waals surface area (Å²) in [6, 6.07) is 12.3. The molecule has 2 aromatic rings. The number of hydrazone groups is 1. The zero-order chi connectivity index (χ0) is 19.4. The maximum absolute atomic E-state index is 12.6. The molecule has 0 aromatic heterocycles. The van der Waals surface area contributed by atoms with E-state index in [9.17, 15) is 9.90 Å². The monoisotopic (exact) mass is 368 g/mol. The number of phenols is 1. The minimum atomic E-state index is -0.326. The van der Waals surface area contributed by atoms with E-state index in [1.54, 1.807) is 26.4 Å². The molecule has 1 aliphatic rings. The number of phenolic OH excluding ortho intramolecular Hbond substituents is 1. The predicted octanol–water partition coefficient (Wildman–Crippen LogP) is 3.89. The number of nitrogens with zero attached hydrogens (tertiary/aromatic N) is 2. The van der Waals surface area contributed by atoms with Crippen molar-refractivity contribution in [1.82, 2.24) is 5.01 Å². The molecule has 0 saturated carbocycles. The van der Waals surface area contributed by atoms with Crippen LogP contribution in [0.5, 0.6) is 17.2 Å². The topological polar surface area (TPSA) is 71.4 Å². The SMILES string of the molecule is CCCC(=O)N1N=C(c2ccc(OC)c(OC)c2)CC1c1ccccc1O. The van der Waals surface area contributed by atoms with Gasteiger partial charge in [-0.2, -0.15) is 5.10 Å². The van der Waals surface area contributed by atoms with Crippen molar-refractivity contribution < 1.29 is 19.4 Å². The second-order valence-electron chi connectivity index (χ2n) is 6.38. The van der Waals surface area contributed by atoms with Crippen molar-refractivity contribution in [3.8, 4) is 17.2 Å². The smallest absolute Gasteiger partial charge is 0.243 e. The summed E-state index contributed by atoms with van der Waals surface area (Å²) in [5.74, 6) is 1.35. The van der Waals surface area contributed by atoms with E-state index in [-0.39, 0.29) is 17.7 Å². The van der Waals surface area contributed by atoms with Gasteiger partial charge in [0, 0.05) is 24.0 Å². The lowest BCUT2D eigenvalue weighted by molar-refractivity contribution is -0.133. The van der Waals surface area contributed by atoms with Crippen LogP contribution in [0.3, 0.4) is 0 Å². The van der Waals surface area contributed by atoms with Crippen LogP contribution in [0.25, 0.3) is 0 Å². The van der Waals surface area contributed by atoms with E-state index in [2.05, 4.69) is 5.10 Å². The third-order valence-electron chi connectivity index (χ3n) is 4.64. The summed E-state index contributed by atoms with van der Waals surface area (Å²) in [6.45, 7) is 1.96. The summed E-state index contributed by atoms with van der Waals surface area (Å²) >= 11 is 0. The Morgan fingerprint density at radius 2 is 1.93 bits per heavy atom. The molecule has 0 aliphatic carbocycles. The molecule has 1 atom stereocenters. The molecule has 1 aliphatic heterocycles. The lowest BCUT2D eigenvalue weighted by Crippen LogP contribution is -2.26. The highest BCUT2D eigenvalue weighted by Crippen LogP contribution is 2.38. The molecule has 6 heteroatoms. The Balaban J connectivity index is 1.98. The fraction of sp³-hybridized carbons (Fsp3) is 0.333. The van der Waals surface area contributed by atoms with E-state index in [1.807, 2.05) is 37.3 Å². The molecule has 0 radical (unpaired) electrons. The van der Waals surface area contributed by atoms with Crippen molar-refractivity contribution in [3.05, 3.63) is 53.6 Å². The van der Waals surface area contributed by atoms with Gasteiger partial charge < -0.3 is 14.6 Å². The van der Waals surface area contributed by atoms with Crippen molar-refractivity contribution in [2.24, 2.45) is 5.10 Å². The molecule has 1 heterocycles. The van der Waals surface area contributed by atoms with Gasteiger partial charge in [0.1, 0.15) is 5.75 Å². The van der Waals surface area contributed by atoms with E-state index in [0.29, 0.717) is 29.9 Å². The minimum Gasteiger partial charge on any atom is -0.508 e. The fourth-order valence-corrected chi connectivity index (χ4v) is 3.27. The van der Waals surface area contributed by atoms with Crippen LogP contribution in [0.15, 0.2) is 47.6 Å². The second-order valence-corrected chi connectivity index (χ2v) is 6.38. The van der Waals surface area contributed by atoms with Gasteiger partial charge in [0.25, 0.3) is 0 Å². The Hall–Kier alpha value is -3.02.